The molecule has 154 valence electrons. The molecule has 0 radical (unpaired) electrons. The predicted octanol–water partition coefficient (Wildman–Crippen LogP) is 7.67. The van der Waals surface area contributed by atoms with Crippen LogP contribution >= 0.6 is 0 Å². The summed E-state index contributed by atoms with van der Waals surface area (Å²) in [6.07, 6.45) is 22.4. The van der Waals surface area contributed by atoms with E-state index in [9.17, 15) is 0 Å². The number of rotatable bonds is 18. The Morgan fingerprint density at radius 3 is 1.88 bits per heavy atom. The van der Waals surface area contributed by atoms with E-state index in [4.69, 9.17) is 8.53 Å². The van der Waals surface area contributed by atoms with Gasteiger partial charge in [0.1, 0.15) is 0 Å². The maximum absolute atomic E-state index is 6.46. The van der Waals surface area contributed by atoms with E-state index in [0.717, 1.165) is 19.6 Å². The summed E-state index contributed by atoms with van der Waals surface area (Å²) in [5, 5.41) is 2.82. The molecule has 0 aromatic rings. The molecule has 0 bridgehead atoms. The average molecular weight is 383 g/mol. The van der Waals surface area contributed by atoms with Crippen LogP contribution in [0.2, 0.25) is 10.6 Å². The van der Waals surface area contributed by atoms with Gasteiger partial charge in [0.15, 0.2) is 0 Å². The maximum Gasteiger partial charge on any atom is 0.460 e. The molecule has 0 spiro atoms. The van der Waals surface area contributed by atoms with Gasteiger partial charge in [-0.05, 0) is 25.7 Å². The first kappa shape index (κ1) is 24.5. The number of hydrogen-bond donors (Lipinski definition) is 0. The van der Waals surface area contributed by atoms with E-state index in [2.05, 4.69) is 13.8 Å². The standard InChI is InChI=1S/2C8H17.C7H13O2.Al/c2*1-3-5-7-8-6-4-2;8-5-4-7-3-1-2-6-9-7;/h2*1,3-8H2,2H3;7H,1-6H2;/q;;-1;+1. The first-order valence-corrected chi connectivity index (χ1v) is 14.2. The Morgan fingerprint density at radius 1 is 0.769 bits per heavy atom. The highest BCUT2D eigenvalue weighted by molar-refractivity contribution is 6.51. The molecule has 0 aromatic carbocycles. The molecule has 0 aliphatic carbocycles. The highest BCUT2D eigenvalue weighted by Crippen LogP contribution is 2.19. The first-order chi connectivity index (χ1) is 12.9. The van der Waals surface area contributed by atoms with Crippen molar-refractivity contribution in [3.63, 3.8) is 0 Å². The van der Waals surface area contributed by atoms with Crippen LogP contribution in [0.3, 0.4) is 0 Å². The van der Waals surface area contributed by atoms with Crippen molar-refractivity contribution in [3.8, 4) is 0 Å². The van der Waals surface area contributed by atoms with E-state index in [0.29, 0.717) is 6.10 Å². The Morgan fingerprint density at radius 2 is 1.35 bits per heavy atom. The van der Waals surface area contributed by atoms with E-state index in [1.807, 2.05) is 0 Å². The molecule has 2 nitrogen and oxygen atoms in total. The molecule has 26 heavy (non-hydrogen) atoms. The molecule has 1 fully saturated rings. The molecule has 1 heterocycles. The lowest BCUT2D eigenvalue weighted by Gasteiger charge is -2.23. The molecular formula is C23H47AlO2. The van der Waals surface area contributed by atoms with Crippen LogP contribution in [0.25, 0.3) is 0 Å². The van der Waals surface area contributed by atoms with Crippen molar-refractivity contribution in [1.29, 1.82) is 0 Å². The van der Waals surface area contributed by atoms with Crippen LogP contribution in [0, 0.1) is 0 Å². The first-order valence-electron chi connectivity index (χ1n) is 12.1. The fourth-order valence-electron chi connectivity index (χ4n) is 4.02. The summed E-state index contributed by atoms with van der Waals surface area (Å²) in [6, 6.07) is 0. The van der Waals surface area contributed by atoms with Crippen LogP contribution in [0.5, 0.6) is 0 Å². The minimum atomic E-state index is -0.979. The topological polar surface area (TPSA) is 18.5 Å². The number of unbranched alkanes of at least 4 members (excludes halogenated alkanes) is 10. The van der Waals surface area contributed by atoms with Gasteiger partial charge in [0.05, 0.1) is 6.10 Å². The smallest absolute Gasteiger partial charge is 0.460 e. The Bertz CT molecular complexity index is 263. The highest BCUT2D eigenvalue weighted by atomic mass is 27.2. The fourth-order valence-corrected chi connectivity index (χ4v) is 6.60. The lowest BCUT2D eigenvalue weighted by Crippen LogP contribution is -2.24. The van der Waals surface area contributed by atoms with E-state index in [1.54, 1.807) is 0 Å². The molecule has 1 rings (SSSR count). The van der Waals surface area contributed by atoms with Gasteiger partial charge in [-0.25, -0.2) is 0 Å². The van der Waals surface area contributed by atoms with E-state index in [1.165, 1.54) is 107 Å². The minimum absolute atomic E-state index is 0.487. The van der Waals surface area contributed by atoms with Gasteiger partial charge in [0.2, 0.25) is 0 Å². The van der Waals surface area contributed by atoms with Crippen molar-refractivity contribution in [2.75, 3.05) is 13.2 Å². The molecule has 0 amide bonds. The molecule has 1 saturated heterocycles. The average Bonchev–Trinajstić information content (AvgIpc) is 2.67. The Kier molecular flexibility index (Phi) is 17.7. The van der Waals surface area contributed by atoms with E-state index in [-0.39, 0.29) is 0 Å². The van der Waals surface area contributed by atoms with Crippen molar-refractivity contribution < 1.29 is 8.53 Å². The zero-order valence-electron chi connectivity index (χ0n) is 18.1. The Labute approximate surface area is 169 Å². The van der Waals surface area contributed by atoms with Crippen LogP contribution in [0.1, 0.15) is 117 Å². The SMILES string of the molecule is CCCCCCC[CH2][Al]([CH2]CCCCCCC)[O]CCC1CCCCO1. The summed E-state index contributed by atoms with van der Waals surface area (Å²) >= 11 is -0.979. The minimum Gasteiger partial charge on any atom is -0.501 e. The Balaban J connectivity index is 2.13. The van der Waals surface area contributed by atoms with Crippen molar-refractivity contribution >= 4 is 14.5 Å². The summed E-state index contributed by atoms with van der Waals surface area (Å²) in [7, 11) is 0. The molecule has 1 aliphatic heterocycles. The molecule has 0 aromatic heterocycles. The number of ether oxygens (including phenoxy) is 1. The lowest BCUT2D eigenvalue weighted by molar-refractivity contribution is 0.00377. The van der Waals surface area contributed by atoms with Crippen molar-refractivity contribution in [3.05, 3.63) is 0 Å². The van der Waals surface area contributed by atoms with Crippen molar-refractivity contribution in [2.24, 2.45) is 0 Å². The maximum atomic E-state index is 6.46. The van der Waals surface area contributed by atoms with Gasteiger partial charge < -0.3 is 8.53 Å². The highest BCUT2D eigenvalue weighted by Gasteiger charge is 2.21. The largest absolute Gasteiger partial charge is 0.501 e. The summed E-state index contributed by atoms with van der Waals surface area (Å²) in [6.45, 7) is 6.54. The molecule has 0 N–H and O–H groups in total. The quantitative estimate of drug-likeness (QED) is 0.179. The van der Waals surface area contributed by atoms with Crippen molar-refractivity contribution in [1.82, 2.24) is 0 Å². The van der Waals surface area contributed by atoms with Crippen LogP contribution in [-0.4, -0.2) is 33.8 Å². The molecule has 1 aliphatic rings. The summed E-state index contributed by atoms with van der Waals surface area (Å²) in [4.78, 5) is 0. The summed E-state index contributed by atoms with van der Waals surface area (Å²) < 4.78 is 12.3. The van der Waals surface area contributed by atoms with Crippen molar-refractivity contribution in [2.45, 2.75) is 133 Å². The van der Waals surface area contributed by atoms with E-state index < -0.39 is 14.5 Å². The van der Waals surface area contributed by atoms with Crippen LogP contribution in [-0.2, 0) is 8.53 Å². The molecule has 1 unspecified atom stereocenters. The van der Waals surface area contributed by atoms with Crippen LogP contribution in [0.15, 0.2) is 0 Å². The zero-order chi connectivity index (χ0) is 18.7. The van der Waals surface area contributed by atoms with Gasteiger partial charge in [-0.15, -0.1) is 0 Å². The summed E-state index contributed by atoms with van der Waals surface area (Å²) in [5.41, 5.74) is 0. The second-order valence-electron chi connectivity index (χ2n) is 8.38. The van der Waals surface area contributed by atoms with Crippen LogP contribution in [0.4, 0.5) is 0 Å². The van der Waals surface area contributed by atoms with Gasteiger partial charge in [0.25, 0.3) is 0 Å². The monoisotopic (exact) mass is 382 g/mol. The molecule has 1 atom stereocenters. The van der Waals surface area contributed by atoms with E-state index >= 15 is 0 Å². The fraction of sp³-hybridized carbons (Fsp3) is 1.00. The second kappa shape index (κ2) is 18.8. The lowest BCUT2D eigenvalue weighted by atomic mass is 10.1. The predicted molar refractivity (Wildman–Crippen MR) is 116 cm³/mol. The normalized spacial score (nSPS) is 17.5. The third kappa shape index (κ3) is 14.5. The summed E-state index contributed by atoms with van der Waals surface area (Å²) in [5.74, 6) is 0. The zero-order valence-corrected chi connectivity index (χ0v) is 19.3. The number of hydrogen-bond acceptors (Lipinski definition) is 2. The Hall–Kier alpha value is 0.452. The molecule has 0 saturated carbocycles. The second-order valence-corrected chi connectivity index (χ2v) is 11.1. The van der Waals surface area contributed by atoms with Gasteiger partial charge in [0, 0.05) is 13.2 Å². The van der Waals surface area contributed by atoms with Gasteiger partial charge in [-0.2, -0.15) is 0 Å². The van der Waals surface area contributed by atoms with Gasteiger partial charge in [-0.3, -0.25) is 0 Å². The molecular weight excluding hydrogens is 335 g/mol. The molecule has 3 heteroatoms. The van der Waals surface area contributed by atoms with Gasteiger partial charge >= 0.3 is 14.5 Å². The third-order valence-electron chi connectivity index (χ3n) is 5.83. The third-order valence-corrected chi connectivity index (χ3v) is 8.64. The van der Waals surface area contributed by atoms with Gasteiger partial charge in [-0.1, -0.05) is 101 Å². The van der Waals surface area contributed by atoms with Crippen LogP contribution < -0.4 is 0 Å².